The van der Waals surface area contributed by atoms with Gasteiger partial charge in [0.15, 0.2) is 0 Å². The molecule has 2 unspecified atom stereocenters. The molecular formula is C17H28FNO. The van der Waals surface area contributed by atoms with Crippen molar-refractivity contribution in [2.24, 2.45) is 5.41 Å². The summed E-state index contributed by atoms with van der Waals surface area (Å²) in [5.74, 6) is -0.179. The van der Waals surface area contributed by atoms with Crippen molar-refractivity contribution in [3.63, 3.8) is 0 Å². The Hall–Kier alpha value is -0.930. The molecule has 0 amide bonds. The molecule has 0 saturated carbocycles. The molecule has 1 aromatic rings. The molecule has 0 bridgehead atoms. The van der Waals surface area contributed by atoms with Crippen molar-refractivity contribution in [1.29, 1.82) is 0 Å². The molecule has 2 atom stereocenters. The van der Waals surface area contributed by atoms with E-state index in [-0.39, 0.29) is 23.4 Å². The number of hydrogen-bond acceptors (Lipinski definition) is 2. The smallest absolute Gasteiger partial charge is 0.123 e. The van der Waals surface area contributed by atoms with E-state index < -0.39 is 0 Å². The number of nitrogens with one attached hydrogen (secondary N) is 1. The number of rotatable bonds is 7. The van der Waals surface area contributed by atoms with Gasteiger partial charge in [0.2, 0.25) is 0 Å². The fourth-order valence-electron chi connectivity index (χ4n) is 2.66. The fraction of sp³-hybridized carbons (Fsp3) is 0.647. The lowest BCUT2D eigenvalue weighted by Gasteiger charge is -2.36. The van der Waals surface area contributed by atoms with E-state index in [1.54, 1.807) is 19.2 Å². The van der Waals surface area contributed by atoms with Gasteiger partial charge < -0.3 is 10.1 Å². The summed E-state index contributed by atoms with van der Waals surface area (Å²) >= 11 is 0. The molecule has 114 valence electrons. The second-order valence-electron chi connectivity index (χ2n) is 6.42. The van der Waals surface area contributed by atoms with Crippen molar-refractivity contribution in [2.45, 2.75) is 52.7 Å². The predicted octanol–water partition coefficient (Wildman–Crippen LogP) is 3.80. The van der Waals surface area contributed by atoms with Gasteiger partial charge in [-0.05, 0) is 42.5 Å². The summed E-state index contributed by atoms with van der Waals surface area (Å²) in [6.07, 6.45) is 1.92. The van der Waals surface area contributed by atoms with E-state index in [0.717, 1.165) is 24.9 Å². The zero-order valence-corrected chi connectivity index (χ0v) is 13.4. The second-order valence-corrected chi connectivity index (χ2v) is 6.42. The Balaban J connectivity index is 2.88. The number of benzene rings is 1. The minimum atomic E-state index is -0.179. The Kier molecular flexibility index (Phi) is 6.63. The maximum atomic E-state index is 13.3. The van der Waals surface area contributed by atoms with Gasteiger partial charge in [-0.1, -0.05) is 39.8 Å². The highest BCUT2D eigenvalue weighted by molar-refractivity contribution is 5.18. The zero-order chi connectivity index (χ0) is 15.2. The molecule has 0 aliphatic rings. The van der Waals surface area contributed by atoms with Gasteiger partial charge in [0.1, 0.15) is 5.82 Å². The molecule has 0 heterocycles. The number of methoxy groups -OCH3 is 1. The summed E-state index contributed by atoms with van der Waals surface area (Å²) in [6, 6.07) is 7.01. The second kappa shape index (κ2) is 7.75. The highest BCUT2D eigenvalue weighted by atomic mass is 19.1. The molecular weight excluding hydrogens is 253 g/mol. The van der Waals surface area contributed by atoms with Crippen LogP contribution in [-0.4, -0.2) is 25.8 Å². The fourth-order valence-corrected chi connectivity index (χ4v) is 2.66. The summed E-state index contributed by atoms with van der Waals surface area (Å²) in [5.41, 5.74) is 1.04. The normalized spacial score (nSPS) is 15.1. The van der Waals surface area contributed by atoms with Crippen LogP contribution in [0.5, 0.6) is 0 Å². The Bertz CT molecular complexity index is 400. The Labute approximate surface area is 122 Å². The van der Waals surface area contributed by atoms with Crippen molar-refractivity contribution in [2.75, 3.05) is 13.7 Å². The third kappa shape index (κ3) is 5.22. The first kappa shape index (κ1) is 17.1. The lowest BCUT2D eigenvalue weighted by molar-refractivity contribution is -0.0109. The number of halogens is 1. The Morgan fingerprint density at radius 1 is 1.30 bits per heavy atom. The molecule has 1 aromatic carbocycles. The van der Waals surface area contributed by atoms with Gasteiger partial charge in [0.05, 0.1) is 6.10 Å². The highest BCUT2D eigenvalue weighted by Crippen LogP contribution is 2.26. The lowest BCUT2D eigenvalue weighted by atomic mass is 9.82. The predicted molar refractivity (Wildman–Crippen MR) is 82.4 cm³/mol. The van der Waals surface area contributed by atoms with E-state index in [1.165, 1.54) is 6.07 Å². The van der Waals surface area contributed by atoms with E-state index in [2.05, 4.69) is 33.0 Å². The topological polar surface area (TPSA) is 21.3 Å². The van der Waals surface area contributed by atoms with Gasteiger partial charge >= 0.3 is 0 Å². The average Bonchev–Trinajstić information content (AvgIpc) is 2.35. The molecule has 0 aliphatic heterocycles. The van der Waals surface area contributed by atoms with Crippen LogP contribution in [0.4, 0.5) is 4.39 Å². The molecule has 0 fully saturated rings. The van der Waals surface area contributed by atoms with E-state index in [0.29, 0.717) is 0 Å². The van der Waals surface area contributed by atoms with Gasteiger partial charge in [-0.15, -0.1) is 0 Å². The monoisotopic (exact) mass is 281 g/mol. The molecule has 1 N–H and O–H groups in total. The van der Waals surface area contributed by atoms with Crippen LogP contribution < -0.4 is 5.32 Å². The van der Waals surface area contributed by atoms with E-state index in [1.807, 2.05) is 6.07 Å². The quantitative estimate of drug-likeness (QED) is 0.821. The van der Waals surface area contributed by atoms with Crippen LogP contribution >= 0.6 is 0 Å². The summed E-state index contributed by atoms with van der Waals surface area (Å²) in [4.78, 5) is 0. The first-order chi connectivity index (χ1) is 9.38. The number of ether oxygens (including phenoxy) is 1. The van der Waals surface area contributed by atoms with Crippen LogP contribution in [-0.2, 0) is 11.2 Å². The van der Waals surface area contributed by atoms with Crippen LogP contribution in [0.2, 0.25) is 0 Å². The van der Waals surface area contributed by atoms with Crippen LogP contribution in [0.15, 0.2) is 24.3 Å². The highest BCUT2D eigenvalue weighted by Gasteiger charge is 2.32. The third-order valence-corrected chi connectivity index (χ3v) is 3.47. The molecule has 2 nitrogen and oxygen atoms in total. The average molecular weight is 281 g/mol. The van der Waals surface area contributed by atoms with Gasteiger partial charge in [0.25, 0.3) is 0 Å². The number of hydrogen-bond donors (Lipinski definition) is 1. The molecule has 0 aliphatic carbocycles. The van der Waals surface area contributed by atoms with Crippen molar-refractivity contribution in [3.05, 3.63) is 35.6 Å². The van der Waals surface area contributed by atoms with Crippen molar-refractivity contribution < 1.29 is 9.13 Å². The van der Waals surface area contributed by atoms with Gasteiger partial charge in [-0.25, -0.2) is 4.39 Å². The molecule has 3 heteroatoms. The van der Waals surface area contributed by atoms with E-state index >= 15 is 0 Å². The SMILES string of the molecule is CCCNC(Cc1cccc(F)c1)C(OC)C(C)(C)C. The molecule has 20 heavy (non-hydrogen) atoms. The summed E-state index contributed by atoms with van der Waals surface area (Å²) in [5, 5.41) is 3.55. The van der Waals surface area contributed by atoms with Crippen LogP contribution in [0.3, 0.4) is 0 Å². The summed E-state index contributed by atoms with van der Waals surface area (Å²) < 4.78 is 19.1. The first-order valence-corrected chi connectivity index (χ1v) is 7.39. The minimum absolute atomic E-state index is 0.0352. The van der Waals surface area contributed by atoms with E-state index in [4.69, 9.17) is 4.74 Å². The maximum absolute atomic E-state index is 13.3. The Morgan fingerprint density at radius 3 is 2.50 bits per heavy atom. The summed E-state index contributed by atoms with van der Waals surface area (Å²) in [6.45, 7) is 9.61. The standard InChI is InChI=1S/C17H28FNO/c1-6-10-19-15(16(20-5)17(2,3)4)12-13-8-7-9-14(18)11-13/h7-9,11,15-16,19H,6,10,12H2,1-5H3. The van der Waals surface area contributed by atoms with E-state index in [9.17, 15) is 4.39 Å². The van der Waals surface area contributed by atoms with Crippen LogP contribution in [0, 0.1) is 11.2 Å². The Morgan fingerprint density at radius 2 is 2.00 bits per heavy atom. The molecule has 0 radical (unpaired) electrons. The van der Waals surface area contributed by atoms with Gasteiger partial charge in [-0.2, -0.15) is 0 Å². The van der Waals surface area contributed by atoms with Crippen LogP contribution in [0.25, 0.3) is 0 Å². The first-order valence-electron chi connectivity index (χ1n) is 7.39. The molecule has 0 spiro atoms. The van der Waals surface area contributed by atoms with Crippen molar-refractivity contribution >= 4 is 0 Å². The molecule has 0 saturated heterocycles. The minimum Gasteiger partial charge on any atom is -0.379 e. The van der Waals surface area contributed by atoms with Gasteiger partial charge in [0, 0.05) is 13.2 Å². The molecule has 1 rings (SSSR count). The van der Waals surface area contributed by atoms with Gasteiger partial charge in [-0.3, -0.25) is 0 Å². The van der Waals surface area contributed by atoms with Crippen LogP contribution in [0.1, 0.15) is 39.7 Å². The van der Waals surface area contributed by atoms with Crippen molar-refractivity contribution in [3.8, 4) is 0 Å². The maximum Gasteiger partial charge on any atom is 0.123 e. The lowest BCUT2D eigenvalue weighted by Crippen LogP contribution is -2.49. The summed E-state index contributed by atoms with van der Waals surface area (Å²) in [7, 11) is 1.75. The molecule has 0 aromatic heterocycles. The largest absolute Gasteiger partial charge is 0.379 e. The zero-order valence-electron chi connectivity index (χ0n) is 13.4. The third-order valence-electron chi connectivity index (χ3n) is 3.47. The van der Waals surface area contributed by atoms with Crippen molar-refractivity contribution in [1.82, 2.24) is 5.32 Å².